The monoisotopic (exact) mass is 418 g/mol. The number of benzene rings is 2. The van der Waals surface area contributed by atoms with Crippen molar-refractivity contribution in [2.24, 2.45) is 4.99 Å². The first-order chi connectivity index (χ1) is 15.2. The summed E-state index contributed by atoms with van der Waals surface area (Å²) in [7, 11) is 0. The molecule has 0 saturated carbocycles. The molecule has 0 unspecified atom stereocenters. The van der Waals surface area contributed by atoms with Crippen LogP contribution in [0.1, 0.15) is 23.0 Å². The van der Waals surface area contributed by atoms with Gasteiger partial charge in [-0.25, -0.2) is 4.99 Å². The summed E-state index contributed by atoms with van der Waals surface area (Å²) in [5.41, 5.74) is 1.89. The lowest BCUT2D eigenvalue weighted by atomic mass is 10.2. The van der Waals surface area contributed by atoms with Crippen molar-refractivity contribution in [1.29, 1.82) is 0 Å². The second-order valence-electron chi connectivity index (χ2n) is 6.56. The molecule has 8 heteroatoms. The number of nitrogens with one attached hydrogen (secondary N) is 2. The quantitative estimate of drug-likeness (QED) is 0.469. The minimum absolute atomic E-state index is 0.146. The van der Waals surface area contributed by atoms with Crippen LogP contribution in [0.4, 0.5) is 5.69 Å². The molecule has 1 aromatic heterocycles. The highest BCUT2D eigenvalue weighted by Crippen LogP contribution is 2.32. The number of ether oxygens (including phenoxy) is 3. The van der Waals surface area contributed by atoms with E-state index in [9.17, 15) is 4.79 Å². The minimum Gasteiger partial charge on any atom is -0.492 e. The summed E-state index contributed by atoms with van der Waals surface area (Å²) in [5, 5.41) is 6.00. The van der Waals surface area contributed by atoms with Gasteiger partial charge >= 0.3 is 0 Å². The van der Waals surface area contributed by atoms with Crippen LogP contribution in [0.15, 0.2) is 71.9 Å². The Bertz CT molecular complexity index is 1090. The standard InChI is InChI=1S/C23H22N4O4/c1-2-29-19-9-4-3-8-18(19)26-23(25-14-17-7-5-6-12-24-17)27-22(28)16-10-11-20-21(13-16)31-15-30-20/h3-13H,2,14-15H2,1H3,(H2,25,26,27,28). The first kappa shape index (κ1) is 20.2. The molecule has 2 N–H and O–H groups in total. The molecule has 0 fully saturated rings. The average molecular weight is 418 g/mol. The lowest BCUT2D eigenvalue weighted by Crippen LogP contribution is -2.36. The highest BCUT2D eigenvalue weighted by atomic mass is 16.7. The Labute approximate surface area is 179 Å². The van der Waals surface area contributed by atoms with Gasteiger partial charge in [-0.2, -0.15) is 0 Å². The van der Waals surface area contributed by atoms with Gasteiger partial charge in [0.15, 0.2) is 11.5 Å². The lowest BCUT2D eigenvalue weighted by Gasteiger charge is -2.15. The zero-order valence-corrected chi connectivity index (χ0v) is 17.0. The topological polar surface area (TPSA) is 94.1 Å². The molecule has 1 amide bonds. The SMILES string of the molecule is CCOc1ccccc1NC(=NCc1ccccn1)NC(=O)c1ccc2c(c1)OCO2. The smallest absolute Gasteiger partial charge is 0.258 e. The number of hydrogen-bond acceptors (Lipinski definition) is 6. The second-order valence-corrected chi connectivity index (χ2v) is 6.56. The third-order valence-corrected chi connectivity index (χ3v) is 4.43. The van der Waals surface area contributed by atoms with Gasteiger partial charge in [0.2, 0.25) is 12.8 Å². The Balaban J connectivity index is 1.57. The molecule has 158 valence electrons. The number of amides is 1. The third kappa shape index (κ3) is 5.11. The molecule has 4 rings (SSSR count). The summed E-state index contributed by atoms with van der Waals surface area (Å²) in [4.78, 5) is 21.7. The second kappa shape index (κ2) is 9.62. The van der Waals surface area contributed by atoms with E-state index in [4.69, 9.17) is 14.2 Å². The third-order valence-electron chi connectivity index (χ3n) is 4.43. The zero-order chi connectivity index (χ0) is 21.5. The number of para-hydroxylation sites is 2. The van der Waals surface area contributed by atoms with Crippen molar-refractivity contribution in [3.05, 3.63) is 78.1 Å². The fraction of sp³-hybridized carbons (Fsp3) is 0.174. The predicted octanol–water partition coefficient (Wildman–Crippen LogP) is 3.61. The van der Waals surface area contributed by atoms with Gasteiger partial charge in [0.25, 0.3) is 5.91 Å². The number of pyridine rings is 1. The molecule has 0 bridgehead atoms. The van der Waals surface area contributed by atoms with E-state index in [1.54, 1.807) is 24.4 Å². The van der Waals surface area contributed by atoms with E-state index in [-0.39, 0.29) is 18.7 Å². The molecule has 0 atom stereocenters. The maximum atomic E-state index is 12.9. The fourth-order valence-electron chi connectivity index (χ4n) is 2.96. The number of rotatable bonds is 6. The van der Waals surface area contributed by atoms with Crippen molar-refractivity contribution < 1.29 is 19.0 Å². The van der Waals surface area contributed by atoms with E-state index in [0.717, 1.165) is 5.69 Å². The minimum atomic E-state index is -0.334. The van der Waals surface area contributed by atoms with Crippen molar-refractivity contribution >= 4 is 17.6 Å². The van der Waals surface area contributed by atoms with Gasteiger partial charge in [0.05, 0.1) is 24.5 Å². The molecule has 0 spiro atoms. The van der Waals surface area contributed by atoms with Gasteiger partial charge in [0.1, 0.15) is 5.75 Å². The van der Waals surface area contributed by atoms with Gasteiger partial charge in [-0.15, -0.1) is 0 Å². The van der Waals surface area contributed by atoms with Crippen molar-refractivity contribution in [2.75, 3.05) is 18.7 Å². The van der Waals surface area contributed by atoms with Crippen LogP contribution in [0.2, 0.25) is 0 Å². The van der Waals surface area contributed by atoms with E-state index in [0.29, 0.717) is 41.7 Å². The summed E-state index contributed by atoms with van der Waals surface area (Å²) in [5.74, 6) is 1.76. The molecule has 0 aliphatic carbocycles. The van der Waals surface area contributed by atoms with E-state index >= 15 is 0 Å². The molecule has 1 aliphatic heterocycles. The average Bonchev–Trinajstić information content (AvgIpc) is 3.27. The molecular weight excluding hydrogens is 396 g/mol. The summed E-state index contributed by atoms with van der Waals surface area (Å²) in [6.07, 6.45) is 1.70. The summed E-state index contributed by atoms with van der Waals surface area (Å²) >= 11 is 0. The van der Waals surface area contributed by atoms with E-state index in [2.05, 4.69) is 20.6 Å². The van der Waals surface area contributed by atoms with Gasteiger partial charge < -0.3 is 19.5 Å². The Kier molecular flexibility index (Phi) is 6.27. The number of aliphatic imine (C=N–C) groups is 1. The highest BCUT2D eigenvalue weighted by molar-refractivity contribution is 6.10. The van der Waals surface area contributed by atoms with Crippen LogP contribution in [0.5, 0.6) is 17.2 Å². The number of guanidine groups is 1. The van der Waals surface area contributed by atoms with Crippen LogP contribution in [0, 0.1) is 0 Å². The molecule has 1 aliphatic rings. The van der Waals surface area contributed by atoms with Crippen molar-refractivity contribution in [3.63, 3.8) is 0 Å². The summed E-state index contributed by atoms with van der Waals surface area (Å²) in [6.45, 7) is 2.87. The predicted molar refractivity (Wildman–Crippen MR) is 117 cm³/mol. The Morgan fingerprint density at radius 2 is 1.94 bits per heavy atom. The van der Waals surface area contributed by atoms with Crippen molar-refractivity contribution in [1.82, 2.24) is 10.3 Å². The maximum absolute atomic E-state index is 12.9. The van der Waals surface area contributed by atoms with Gasteiger partial charge in [-0.3, -0.25) is 15.1 Å². The Morgan fingerprint density at radius 3 is 2.77 bits per heavy atom. The Morgan fingerprint density at radius 1 is 1.10 bits per heavy atom. The van der Waals surface area contributed by atoms with E-state index in [1.165, 1.54) is 0 Å². The number of carbonyl (C=O) groups is 1. The van der Waals surface area contributed by atoms with Crippen LogP contribution >= 0.6 is 0 Å². The van der Waals surface area contributed by atoms with Gasteiger partial charge in [-0.1, -0.05) is 18.2 Å². The van der Waals surface area contributed by atoms with Crippen LogP contribution in [-0.4, -0.2) is 30.3 Å². The largest absolute Gasteiger partial charge is 0.492 e. The maximum Gasteiger partial charge on any atom is 0.258 e. The van der Waals surface area contributed by atoms with Gasteiger partial charge in [0, 0.05) is 11.8 Å². The number of nitrogens with zero attached hydrogens (tertiary/aromatic N) is 2. The summed E-state index contributed by atoms with van der Waals surface area (Å²) < 4.78 is 16.3. The molecular formula is C23H22N4O4. The van der Waals surface area contributed by atoms with Crippen LogP contribution in [0.25, 0.3) is 0 Å². The fourth-order valence-corrected chi connectivity index (χ4v) is 2.96. The number of carbonyl (C=O) groups excluding carboxylic acids is 1. The molecule has 2 aromatic carbocycles. The lowest BCUT2D eigenvalue weighted by molar-refractivity contribution is 0.0976. The number of fused-ring (bicyclic) bond motifs is 1. The van der Waals surface area contributed by atoms with Crippen LogP contribution in [-0.2, 0) is 6.54 Å². The van der Waals surface area contributed by atoms with E-state index < -0.39 is 0 Å². The number of aromatic nitrogens is 1. The molecule has 31 heavy (non-hydrogen) atoms. The normalized spacial score (nSPS) is 12.4. The number of hydrogen-bond donors (Lipinski definition) is 2. The molecule has 2 heterocycles. The first-order valence-electron chi connectivity index (χ1n) is 9.87. The molecule has 0 radical (unpaired) electrons. The molecule has 8 nitrogen and oxygen atoms in total. The van der Waals surface area contributed by atoms with Gasteiger partial charge in [-0.05, 0) is 49.4 Å². The number of anilines is 1. The highest BCUT2D eigenvalue weighted by Gasteiger charge is 2.17. The first-order valence-corrected chi connectivity index (χ1v) is 9.87. The molecule has 3 aromatic rings. The molecule has 0 saturated heterocycles. The Hall–Kier alpha value is -4.07. The van der Waals surface area contributed by atoms with Crippen LogP contribution < -0.4 is 24.8 Å². The van der Waals surface area contributed by atoms with E-state index in [1.807, 2.05) is 49.4 Å². The summed E-state index contributed by atoms with van der Waals surface area (Å²) in [6, 6.07) is 18.1. The zero-order valence-electron chi connectivity index (χ0n) is 17.0. The van der Waals surface area contributed by atoms with Crippen molar-refractivity contribution in [3.8, 4) is 17.2 Å². The van der Waals surface area contributed by atoms with Crippen molar-refractivity contribution in [2.45, 2.75) is 13.5 Å². The van der Waals surface area contributed by atoms with Crippen LogP contribution in [0.3, 0.4) is 0 Å².